The van der Waals surface area contributed by atoms with E-state index in [1.807, 2.05) is 0 Å². The van der Waals surface area contributed by atoms with E-state index in [0.29, 0.717) is 5.92 Å². The maximum absolute atomic E-state index is 7.01. The quantitative estimate of drug-likeness (QED) is 0.459. The van der Waals surface area contributed by atoms with Crippen molar-refractivity contribution in [3.8, 4) is 0 Å². The smallest absolute Gasteiger partial charge is 0.0204 e. The van der Waals surface area contributed by atoms with Gasteiger partial charge in [-0.3, -0.25) is 0 Å². The van der Waals surface area contributed by atoms with Crippen molar-refractivity contribution >= 4 is 6.21 Å². The second-order valence-electron chi connectivity index (χ2n) is 3.01. The molecule has 0 spiro atoms. The van der Waals surface area contributed by atoms with Crippen molar-refractivity contribution in [3.63, 3.8) is 0 Å². The second kappa shape index (κ2) is 6.84. The van der Waals surface area contributed by atoms with Crippen molar-refractivity contribution in [3.05, 3.63) is 24.3 Å². The summed E-state index contributed by atoms with van der Waals surface area (Å²) in [5, 5.41) is 7.01. The lowest BCUT2D eigenvalue weighted by Gasteiger charge is -2.08. The molecule has 0 saturated carbocycles. The largest absolute Gasteiger partial charge is 0.308 e. The fourth-order valence-electron chi connectivity index (χ4n) is 1.07. The Kier molecular flexibility index (Phi) is 6.35. The molecule has 0 aliphatic carbocycles. The summed E-state index contributed by atoms with van der Waals surface area (Å²) in [5.41, 5.74) is 0.919. The van der Waals surface area contributed by atoms with Gasteiger partial charge in [-0.05, 0) is 30.8 Å². The van der Waals surface area contributed by atoms with Gasteiger partial charge in [0.1, 0.15) is 0 Å². The molecular weight excluding hydrogens is 146 g/mol. The van der Waals surface area contributed by atoms with Crippen LogP contribution in [0.25, 0.3) is 0 Å². The van der Waals surface area contributed by atoms with E-state index in [-0.39, 0.29) is 0 Å². The molecule has 0 aromatic rings. The summed E-state index contributed by atoms with van der Waals surface area (Å²) in [7, 11) is 0. The zero-order chi connectivity index (χ0) is 9.40. The van der Waals surface area contributed by atoms with Crippen LogP contribution in [0.5, 0.6) is 0 Å². The van der Waals surface area contributed by atoms with Gasteiger partial charge in [-0.1, -0.05) is 32.6 Å². The van der Waals surface area contributed by atoms with E-state index in [4.69, 9.17) is 5.41 Å². The van der Waals surface area contributed by atoms with Crippen LogP contribution in [0.4, 0.5) is 0 Å². The monoisotopic (exact) mass is 165 g/mol. The Morgan fingerprint density at radius 1 is 1.50 bits per heavy atom. The van der Waals surface area contributed by atoms with Gasteiger partial charge in [0, 0.05) is 6.21 Å². The summed E-state index contributed by atoms with van der Waals surface area (Å²) in [6, 6.07) is 0. The number of rotatable bonds is 6. The highest BCUT2D eigenvalue weighted by molar-refractivity contribution is 5.74. The van der Waals surface area contributed by atoms with E-state index >= 15 is 0 Å². The van der Waals surface area contributed by atoms with E-state index in [1.54, 1.807) is 0 Å². The first-order valence-corrected chi connectivity index (χ1v) is 4.59. The molecule has 1 atom stereocenters. The van der Waals surface area contributed by atoms with E-state index < -0.39 is 0 Å². The molecule has 0 bridgehead atoms. The molecule has 1 heteroatoms. The van der Waals surface area contributed by atoms with Gasteiger partial charge in [0.2, 0.25) is 0 Å². The average molecular weight is 165 g/mol. The third-order valence-corrected chi connectivity index (χ3v) is 1.90. The van der Waals surface area contributed by atoms with Gasteiger partial charge in [0.25, 0.3) is 0 Å². The van der Waals surface area contributed by atoms with Crippen molar-refractivity contribution in [1.82, 2.24) is 0 Å². The fourth-order valence-corrected chi connectivity index (χ4v) is 1.07. The summed E-state index contributed by atoms with van der Waals surface area (Å²) in [5.74, 6) is 0.569. The minimum absolute atomic E-state index is 0.569. The molecule has 0 heterocycles. The first-order valence-electron chi connectivity index (χ1n) is 4.59. The molecule has 12 heavy (non-hydrogen) atoms. The standard InChI is InChI=1S/C11H19N/c1-4-6-7-11(5-2)8-10(3)9-12/h6-7,9,11-12H,3-5,8H2,1-2H3. The zero-order valence-corrected chi connectivity index (χ0v) is 8.14. The zero-order valence-electron chi connectivity index (χ0n) is 8.14. The molecule has 1 N–H and O–H groups in total. The maximum Gasteiger partial charge on any atom is 0.0204 e. The summed E-state index contributed by atoms with van der Waals surface area (Å²) in [4.78, 5) is 0. The first kappa shape index (κ1) is 11.2. The van der Waals surface area contributed by atoms with Crippen LogP contribution in [0.15, 0.2) is 24.3 Å². The highest BCUT2D eigenvalue weighted by Crippen LogP contribution is 2.14. The number of hydrogen-bond donors (Lipinski definition) is 1. The van der Waals surface area contributed by atoms with E-state index in [9.17, 15) is 0 Å². The topological polar surface area (TPSA) is 23.9 Å². The van der Waals surface area contributed by atoms with Crippen molar-refractivity contribution in [1.29, 1.82) is 5.41 Å². The van der Waals surface area contributed by atoms with Crippen LogP contribution in [0, 0.1) is 11.3 Å². The van der Waals surface area contributed by atoms with Gasteiger partial charge in [-0.25, -0.2) is 0 Å². The molecule has 0 saturated heterocycles. The number of hydrogen-bond acceptors (Lipinski definition) is 1. The molecule has 0 fully saturated rings. The highest BCUT2D eigenvalue weighted by Gasteiger charge is 2.01. The predicted molar refractivity (Wildman–Crippen MR) is 55.8 cm³/mol. The summed E-state index contributed by atoms with van der Waals surface area (Å²) in [6.45, 7) is 8.09. The van der Waals surface area contributed by atoms with Crippen LogP contribution in [0.2, 0.25) is 0 Å². The van der Waals surface area contributed by atoms with Gasteiger partial charge in [-0.2, -0.15) is 0 Å². The minimum Gasteiger partial charge on any atom is -0.308 e. The Labute approximate surface area is 75.7 Å². The van der Waals surface area contributed by atoms with Crippen molar-refractivity contribution in [2.45, 2.75) is 33.1 Å². The van der Waals surface area contributed by atoms with Gasteiger partial charge < -0.3 is 5.41 Å². The summed E-state index contributed by atoms with van der Waals surface area (Å²) in [6.07, 6.45) is 8.91. The van der Waals surface area contributed by atoms with E-state index in [0.717, 1.165) is 24.8 Å². The van der Waals surface area contributed by atoms with Crippen molar-refractivity contribution < 1.29 is 0 Å². The SMILES string of the molecule is C=C(C=N)CC(C=CCC)CC. The third kappa shape index (κ3) is 4.89. The Morgan fingerprint density at radius 3 is 2.58 bits per heavy atom. The Bertz CT molecular complexity index is 168. The lowest BCUT2D eigenvalue weighted by molar-refractivity contribution is 0.630. The van der Waals surface area contributed by atoms with Crippen LogP contribution >= 0.6 is 0 Å². The maximum atomic E-state index is 7.01. The molecule has 0 rings (SSSR count). The van der Waals surface area contributed by atoms with Crippen molar-refractivity contribution in [2.75, 3.05) is 0 Å². The molecule has 1 unspecified atom stereocenters. The van der Waals surface area contributed by atoms with Crippen LogP contribution in [0.1, 0.15) is 33.1 Å². The van der Waals surface area contributed by atoms with Gasteiger partial charge in [0.05, 0.1) is 0 Å². The Hall–Kier alpha value is -0.850. The number of allylic oxidation sites excluding steroid dienone is 3. The lowest BCUT2D eigenvalue weighted by Crippen LogP contribution is -1.96. The molecule has 68 valence electrons. The minimum atomic E-state index is 0.569. The average Bonchev–Trinajstić information content (AvgIpc) is 2.11. The molecule has 0 aromatic heterocycles. The normalized spacial score (nSPS) is 13.2. The second-order valence-corrected chi connectivity index (χ2v) is 3.01. The van der Waals surface area contributed by atoms with Gasteiger partial charge in [-0.15, -0.1) is 0 Å². The van der Waals surface area contributed by atoms with Crippen LogP contribution < -0.4 is 0 Å². The van der Waals surface area contributed by atoms with Crippen LogP contribution in [-0.4, -0.2) is 6.21 Å². The predicted octanol–water partition coefficient (Wildman–Crippen LogP) is 3.57. The number of nitrogens with one attached hydrogen (secondary N) is 1. The highest BCUT2D eigenvalue weighted by atomic mass is 14.3. The molecule has 0 aliphatic rings. The Morgan fingerprint density at radius 2 is 2.17 bits per heavy atom. The van der Waals surface area contributed by atoms with E-state index in [2.05, 4.69) is 32.6 Å². The first-order chi connectivity index (χ1) is 5.74. The molecule has 0 aliphatic heterocycles. The Balaban J connectivity index is 3.90. The molecule has 1 nitrogen and oxygen atoms in total. The lowest BCUT2D eigenvalue weighted by atomic mass is 9.97. The van der Waals surface area contributed by atoms with Gasteiger partial charge in [0.15, 0.2) is 0 Å². The third-order valence-electron chi connectivity index (χ3n) is 1.90. The molecule has 0 radical (unpaired) electrons. The molecule has 0 aromatic carbocycles. The molecule has 0 amide bonds. The van der Waals surface area contributed by atoms with Crippen molar-refractivity contribution in [2.24, 2.45) is 5.92 Å². The summed E-state index contributed by atoms with van der Waals surface area (Å²) < 4.78 is 0. The fraction of sp³-hybridized carbons (Fsp3) is 0.545. The van der Waals surface area contributed by atoms with E-state index in [1.165, 1.54) is 6.21 Å². The van der Waals surface area contributed by atoms with Crippen LogP contribution in [-0.2, 0) is 0 Å². The molecular formula is C11H19N. The van der Waals surface area contributed by atoms with Gasteiger partial charge >= 0.3 is 0 Å². The van der Waals surface area contributed by atoms with Crippen LogP contribution in [0.3, 0.4) is 0 Å². The summed E-state index contributed by atoms with van der Waals surface area (Å²) >= 11 is 0.